The normalized spacial score (nSPS) is 13.9. The van der Waals surface area contributed by atoms with Gasteiger partial charge in [-0.3, -0.25) is 9.59 Å². The zero-order valence-electron chi connectivity index (χ0n) is 19.1. The number of nitrogens with zero attached hydrogens (tertiary/aromatic N) is 2. The third-order valence-corrected chi connectivity index (χ3v) is 7.15. The lowest BCUT2D eigenvalue weighted by atomic mass is 9.97. The van der Waals surface area contributed by atoms with E-state index >= 15 is 0 Å². The molecule has 35 heavy (non-hydrogen) atoms. The molecule has 0 atom stereocenters. The molecule has 1 aliphatic rings. The molecule has 8 heteroatoms. The largest absolute Gasteiger partial charge is 0.432 e. The number of Topliss-reactive ketones (excluding diaryl/α,β-unsaturated/α-hetero) is 1. The van der Waals surface area contributed by atoms with Crippen LogP contribution < -0.4 is 4.90 Å². The summed E-state index contributed by atoms with van der Waals surface area (Å²) in [6, 6.07) is 14.9. The van der Waals surface area contributed by atoms with Gasteiger partial charge in [0.1, 0.15) is 5.69 Å². The predicted octanol–water partition coefficient (Wildman–Crippen LogP) is 8.20. The summed E-state index contributed by atoms with van der Waals surface area (Å²) in [5.74, 6) is -0.338. The molecule has 0 N–H and O–H groups in total. The molecule has 0 aliphatic carbocycles. The summed E-state index contributed by atoms with van der Waals surface area (Å²) in [5, 5.41) is 1.75. The number of pyridine rings is 1. The number of furan rings is 1. The first-order valence-electron chi connectivity index (χ1n) is 11.3. The van der Waals surface area contributed by atoms with Crippen LogP contribution in [0.3, 0.4) is 0 Å². The monoisotopic (exact) mass is 570 g/mol. The fraction of sp³-hybridized carbons (Fsp3) is 0.222. The van der Waals surface area contributed by atoms with E-state index in [1.165, 1.54) is 0 Å². The lowest BCUT2D eigenvalue weighted by Gasteiger charge is -2.17. The van der Waals surface area contributed by atoms with Gasteiger partial charge >= 0.3 is 0 Å². The van der Waals surface area contributed by atoms with Gasteiger partial charge in [-0.25, -0.2) is 4.98 Å². The second-order valence-corrected chi connectivity index (χ2v) is 10.6. The maximum Gasteiger partial charge on any atom is 0.229 e. The molecule has 5 nitrogen and oxygen atoms in total. The number of benzene rings is 2. The zero-order valence-corrected chi connectivity index (χ0v) is 22.2. The third kappa shape index (κ3) is 4.39. The smallest absolute Gasteiger partial charge is 0.229 e. The maximum absolute atomic E-state index is 13.1. The summed E-state index contributed by atoms with van der Waals surface area (Å²) in [5.41, 5.74) is 3.76. The first-order chi connectivity index (χ1) is 16.7. The summed E-state index contributed by atoms with van der Waals surface area (Å²) in [6.07, 6.45) is 1.16. The average molecular weight is 572 g/mol. The molecule has 3 heterocycles. The van der Waals surface area contributed by atoms with Crippen LogP contribution in [0.25, 0.3) is 33.5 Å². The lowest BCUT2D eigenvalue weighted by molar-refractivity contribution is -0.117. The zero-order chi connectivity index (χ0) is 24.9. The Morgan fingerprint density at radius 2 is 1.83 bits per heavy atom. The lowest BCUT2D eigenvalue weighted by Crippen LogP contribution is -2.25. The summed E-state index contributed by atoms with van der Waals surface area (Å²) < 4.78 is 6.94. The van der Waals surface area contributed by atoms with Gasteiger partial charge < -0.3 is 9.32 Å². The third-order valence-electron chi connectivity index (χ3n) is 6.09. The van der Waals surface area contributed by atoms with E-state index in [-0.39, 0.29) is 29.1 Å². The average Bonchev–Trinajstić information content (AvgIpc) is 3.40. The molecule has 0 bridgehead atoms. The number of ketones is 1. The van der Waals surface area contributed by atoms with Crippen LogP contribution in [0.15, 0.2) is 57.4 Å². The van der Waals surface area contributed by atoms with Crippen LogP contribution in [0.1, 0.15) is 37.2 Å². The molecule has 0 spiro atoms. The molecule has 5 rings (SSSR count). The maximum atomic E-state index is 13.1. The van der Waals surface area contributed by atoms with Crippen LogP contribution in [-0.4, -0.2) is 23.2 Å². The van der Waals surface area contributed by atoms with Crippen molar-refractivity contribution in [1.82, 2.24) is 4.98 Å². The van der Waals surface area contributed by atoms with E-state index in [0.29, 0.717) is 45.3 Å². The van der Waals surface area contributed by atoms with Crippen LogP contribution in [0, 0.1) is 5.92 Å². The first-order valence-corrected chi connectivity index (χ1v) is 12.8. The van der Waals surface area contributed by atoms with E-state index in [9.17, 15) is 9.59 Å². The highest BCUT2D eigenvalue weighted by Crippen LogP contribution is 2.43. The Morgan fingerprint density at radius 3 is 2.46 bits per heavy atom. The number of rotatable bonds is 5. The van der Waals surface area contributed by atoms with Crippen molar-refractivity contribution in [2.24, 2.45) is 5.92 Å². The number of carbonyl (C=O) groups is 2. The molecule has 2 aromatic carbocycles. The topological polar surface area (TPSA) is 63.4 Å². The number of amides is 1. The van der Waals surface area contributed by atoms with Gasteiger partial charge in [-0.05, 0) is 42.3 Å². The molecular formula is C27H21BrCl2N2O3. The highest BCUT2D eigenvalue weighted by molar-refractivity contribution is 9.10. The summed E-state index contributed by atoms with van der Waals surface area (Å²) in [7, 11) is 0. The summed E-state index contributed by atoms with van der Waals surface area (Å²) in [4.78, 5) is 32.4. The van der Waals surface area contributed by atoms with Crippen molar-refractivity contribution in [3.8, 4) is 22.4 Å². The van der Waals surface area contributed by atoms with Crippen molar-refractivity contribution in [2.75, 3.05) is 11.4 Å². The van der Waals surface area contributed by atoms with Gasteiger partial charge in [-0.2, -0.15) is 0 Å². The minimum Gasteiger partial charge on any atom is -0.432 e. The molecule has 178 valence electrons. The number of aromatic nitrogens is 1. The Labute approximate surface area is 221 Å². The quantitative estimate of drug-likeness (QED) is 0.226. The number of hydrogen-bond acceptors (Lipinski definition) is 4. The summed E-state index contributed by atoms with van der Waals surface area (Å²) >= 11 is 16.2. The van der Waals surface area contributed by atoms with Gasteiger partial charge in [0.15, 0.2) is 5.76 Å². The fourth-order valence-electron chi connectivity index (χ4n) is 4.33. The Balaban J connectivity index is 1.85. The SMILES string of the molecule is CC(C)C(=O)c1oc2nc(-c3ccc(Br)cc3Cl)c(-c3ccc(Cl)cc3)cc2c1N1CCCC1=O. The molecule has 4 aromatic rings. The number of hydrogen-bond donors (Lipinski definition) is 0. The molecule has 2 aromatic heterocycles. The van der Waals surface area contributed by atoms with Crippen molar-refractivity contribution in [3.05, 3.63) is 68.8 Å². The highest BCUT2D eigenvalue weighted by atomic mass is 79.9. The Morgan fingerprint density at radius 1 is 1.09 bits per heavy atom. The van der Waals surface area contributed by atoms with Crippen molar-refractivity contribution >= 4 is 67.6 Å². The van der Waals surface area contributed by atoms with Crippen molar-refractivity contribution in [3.63, 3.8) is 0 Å². The Bertz CT molecular complexity index is 1480. The van der Waals surface area contributed by atoms with Gasteiger partial charge in [0.25, 0.3) is 0 Å². The molecule has 1 saturated heterocycles. The van der Waals surface area contributed by atoms with E-state index < -0.39 is 0 Å². The van der Waals surface area contributed by atoms with E-state index in [4.69, 9.17) is 32.6 Å². The van der Waals surface area contributed by atoms with Crippen LogP contribution in [0.4, 0.5) is 5.69 Å². The number of anilines is 1. The van der Waals surface area contributed by atoms with Gasteiger partial charge in [0.2, 0.25) is 17.4 Å². The van der Waals surface area contributed by atoms with E-state index in [0.717, 1.165) is 22.0 Å². The van der Waals surface area contributed by atoms with E-state index in [1.807, 2.05) is 56.3 Å². The molecule has 1 amide bonds. The van der Waals surface area contributed by atoms with Crippen molar-refractivity contribution < 1.29 is 14.0 Å². The molecule has 0 radical (unpaired) electrons. The van der Waals surface area contributed by atoms with Gasteiger partial charge in [-0.15, -0.1) is 0 Å². The number of carbonyl (C=O) groups excluding carboxylic acids is 2. The minimum atomic E-state index is -0.303. The van der Waals surface area contributed by atoms with Gasteiger partial charge in [0.05, 0.1) is 16.1 Å². The van der Waals surface area contributed by atoms with E-state index in [1.54, 1.807) is 11.0 Å². The fourth-order valence-corrected chi connectivity index (χ4v) is 5.22. The standard InChI is InChI=1S/C27H21BrCl2N2O3/c1-14(2)25(34)26-24(32-11-3-4-22(32)33)20-13-19(15-5-8-17(29)9-6-15)23(31-27(20)35-26)18-10-7-16(28)12-21(18)30/h5-10,12-14H,3-4,11H2,1-2H3. The number of fused-ring (bicyclic) bond motifs is 1. The van der Waals surface area contributed by atoms with Crippen LogP contribution in [0.5, 0.6) is 0 Å². The van der Waals surface area contributed by atoms with Gasteiger partial charge in [-0.1, -0.05) is 71.2 Å². The van der Waals surface area contributed by atoms with Crippen LogP contribution >= 0.6 is 39.1 Å². The highest BCUT2D eigenvalue weighted by Gasteiger charge is 2.33. The number of halogens is 3. The minimum absolute atomic E-state index is 0.0291. The van der Waals surface area contributed by atoms with Crippen LogP contribution in [-0.2, 0) is 4.79 Å². The van der Waals surface area contributed by atoms with E-state index in [2.05, 4.69) is 15.9 Å². The van der Waals surface area contributed by atoms with Crippen LogP contribution in [0.2, 0.25) is 10.0 Å². The molecule has 0 unspecified atom stereocenters. The molecule has 1 fully saturated rings. The molecule has 0 saturated carbocycles. The van der Waals surface area contributed by atoms with Crippen molar-refractivity contribution in [1.29, 1.82) is 0 Å². The molecule has 1 aliphatic heterocycles. The van der Waals surface area contributed by atoms with Gasteiger partial charge in [0, 0.05) is 39.5 Å². The first kappa shape index (κ1) is 24.0. The Hall–Kier alpha value is -2.67. The predicted molar refractivity (Wildman–Crippen MR) is 143 cm³/mol. The Kier molecular flexibility index (Phi) is 6.47. The second-order valence-electron chi connectivity index (χ2n) is 8.82. The molecular weight excluding hydrogens is 551 g/mol. The summed E-state index contributed by atoms with van der Waals surface area (Å²) in [6.45, 7) is 4.15. The van der Waals surface area contributed by atoms with Crippen molar-refractivity contribution in [2.45, 2.75) is 26.7 Å². The second kappa shape index (κ2) is 9.41.